The molecule has 24 heavy (non-hydrogen) atoms. The first-order valence-corrected chi connectivity index (χ1v) is 9.78. The van der Waals surface area contributed by atoms with E-state index < -0.39 is 47.4 Å². The van der Waals surface area contributed by atoms with Crippen molar-refractivity contribution < 1.29 is 35.5 Å². The summed E-state index contributed by atoms with van der Waals surface area (Å²) in [6.45, 7) is 3.33. The van der Waals surface area contributed by atoms with E-state index in [-0.39, 0.29) is 12.3 Å². The topological polar surface area (TPSA) is 118 Å². The Morgan fingerprint density at radius 3 is 2.04 bits per heavy atom. The highest BCUT2D eigenvalue weighted by Gasteiger charge is 2.34. The molecule has 1 atom stereocenters. The quantitative estimate of drug-likeness (QED) is 0.700. The number of sulfone groups is 1. The summed E-state index contributed by atoms with van der Waals surface area (Å²) in [5, 5.41) is 9.08. The fraction of sp³-hybridized carbons (Fsp3) is 0.462. The number of nitrogens with one attached hydrogen (secondary N) is 1. The number of carboxylic acid groups (broad SMARTS) is 1. The van der Waals surface area contributed by atoms with Crippen LogP contribution in [0.5, 0.6) is 0 Å². The molecule has 0 aliphatic heterocycles. The van der Waals surface area contributed by atoms with Gasteiger partial charge in [0.25, 0.3) is 0 Å². The van der Waals surface area contributed by atoms with Gasteiger partial charge in [0.2, 0.25) is 19.9 Å². The van der Waals surface area contributed by atoms with Crippen molar-refractivity contribution in [3.63, 3.8) is 0 Å². The number of alkyl halides is 2. The van der Waals surface area contributed by atoms with Gasteiger partial charge in [-0.25, -0.2) is 16.8 Å². The fourth-order valence-corrected chi connectivity index (χ4v) is 4.70. The molecule has 136 valence electrons. The molecular formula is C13H17F2NO6S2. The summed E-state index contributed by atoms with van der Waals surface area (Å²) in [6.07, 6.45) is -0.0572. The van der Waals surface area contributed by atoms with E-state index in [0.717, 1.165) is 24.3 Å². The normalized spacial score (nSPS) is 14.1. The third-order valence-electron chi connectivity index (χ3n) is 2.98. The molecule has 7 nitrogen and oxygen atoms in total. The van der Waals surface area contributed by atoms with Crippen LogP contribution in [0.4, 0.5) is 8.78 Å². The Kier molecular flexibility index (Phi) is 6.42. The van der Waals surface area contributed by atoms with E-state index in [2.05, 4.69) is 0 Å². The minimum Gasteiger partial charge on any atom is -0.480 e. The Balaban J connectivity index is 3.37. The van der Waals surface area contributed by atoms with Gasteiger partial charge >= 0.3 is 11.7 Å². The van der Waals surface area contributed by atoms with Crippen LogP contribution in [0.1, 0.15) is 20.3 Å². The number of halogens is 2. The fourth-order valence-electron chi connectivity index (χ4n) is 1.92. The molecule has 0 saturated heterocycles. The second-order valence-electron chi connectivity index (χ2n) is 5.39. The maximum atomic E-state index is 12.7. The second-order valence-corrected chi connectivity index (χ2v) is 8.96. The smallest absolute Gasteiger partial charge is 0.341 e. The highest BCUT2D eigenvalue weighted by molar-refractivity contribution is 7.94. The first-order valence-electron chi connectivity index (χ1n) is 6.75. The largest absolute Gasteiger partial charge is 0.480 e. The molecule has 0 amide bonds. The molecule has 0 spiro atoms. The molecule has 1 aromatic carbocycles. The molecule has 0 aromatic heterocycles. The average Bonchev–Trinajstić information content (AvgIpc) is 2.45. The first kappa shape index (κ1) is 20.5. The summed E-state index contributed by atoms with van der Waals surface area (Å²) in [4.78, 5) is 9.17. The minimum atomic E-state index is -5.17. The third kappa shape index (κ3) is 4.71. The molecule has 0 aliphatic carbocycles. The van der Waals surface area contributed by atoms with E-state index in [0.29, 0.717) is 0 Å². The minimum absolute atomic E-state index is 0.0572. The summed E-state index contributed by atoms with van der Waals surface area (Å²) >= 11 is 0. The molecule has 1 aromatic rings. The SMILES string of the molecule is CC(C)C[C@H](NS(=O)(=O)c1ccccc1S(=O)(=O)C(F)F)C(=O)O. The van der Waals surface area contributed by atoms with Gasteiger partial charge in [-0.3, -0.25) is 4.79 Å². The van der Waals surface area contributed by atoms with E-state index in [9.17, 15) is 30.4 Å². The molecule has 0 heterocycles. The summed E-state index contributed by atoms with van der Waals surface area (Å²) in [5.74, 6) is -5.44. The van der Waals surface area contributed by atoms with Gasteiger partial charge in [-0.1, -0.05) is 26.0 Å². The van der Waals surface area contributed by atoms with Gasteiger partial charge in [-0.05, 0) is 24.5 Å². The maximum absolute atomic E-state index is 12.7. The number of carboxylic acids is 1. The van der Waals surface area contributed by atoms with Gasteiger partial charge in [-0.15, -0.1) is 0 Å². The summed E-state index contributed by atoms with van der Waals surface area (Å²) in [6, 6.07) is 2.28. The average molecular weight is 385 g/mol. The standard InChI is InChI=1S/C13H17F2NO6S2/c1-8(2)7-9(12(17)18)16-24(21,22)11-6-4-3-5-10(11)23(19,20)13(14)15/h3-6,8-9,13,16H,7H2,1-2H3,(H,17,18)/t9-/m0/s1. The van der Waals surface area contributed by atoms with Gasteiger partial charge in [0.15, 0.2) is 0 Å². The van der Waals surface area contributed by atoms with Crippen molar-refractivity contribution in [1.82, 2.24) is 4.72 Å². The van der Waals surface area contributed by atoms with Crippen molar-refractivity contribution in [2.24, 2.45) is 5.92 Å². The second kappa shape index (κ2) is 7.53. The monoisotopic (exact) mass is 385 g/mol. The van der Waals surface area contributed by atoms with Gasteiger partial charge in [0.1, 0.15) is 10.9 Å². The van der Waals surface area contributed by atoms with E-state index in [1.54, 1.807) is 13.8 Å². The number of hydrogen-bond donors (Lipinski definition) is 2. The predicted molar refractivity (Wildman–Crippen MR) is 80.8 cm³/mol. The highest BCUT2D eigenvalue weighted by atomic mass is 32.2. The summed E-state index contributed by atoms with van der Waals surface area (Å²) in [5.41, 5.74) is 0. The maximum Gasteiger partial charge on any atom is 0.341 e. The lowest BCUT2D eigenvalue weighted by atomic mass is 10.1. The van der Waals surface area contributed by atoms with Crippen LogP contribution in [0.2, 0.25) is 0 Å². The molecule has 0 saturated carbocycles. The molecule has 2 N–H and O–H groups in total. The van der Waals surface area contributed by atoms with Gasteiger partial charge in [0.05, 0.1) is 4.90 Å². The molecule has 0 bridgehead atoms. The van der Waals surface area contributed by atoms with Crippen molar-refractivity contribution in [2.45, 2.75) is 41.9 Å². The number of carbonyl (C=O) groups is 1. The molecular weight excluding hydrogens is 368 g/mol. The van der Waals surface area contributed by atoms with E-state index in [1.165, 1.54) is 0 Å². The van der Waals surface area contributed by atoms with Crippen LogP contribution in [-0.2, 0) is 24.7 Å². The lowest BCUT2D eigenvalue weighted by Gasteiger charge is -2.18. The number of hydrogen-bond acceptors (Lipinski definition) is 5. The first-order chi connectivity index (χ1) is 10.9. The van der Waals surface area contributed by atoms with Gasteiger partial charge in [0, 0.05) is 0 Å². The Morgan fingerprint density at radius 1 is 1.12 bits per heavy atom. The number of aliphatic carboxylic acids is 1. The summed E-state index contributed by atoms with van der Waals surface area (Å²) in [7, 11) is -9.81. The van der Waals surface area contributed by atoms with Crippen molar-refractivity contribution in [3.05, 3.63) is 24.3 Å². The zero-order valence-corrected chi connectivity index (χ0v) is 14.4. The van der Waals surface area contributed by atoms with Crippen molar-refractivity contribution in [3.8, 4) is 0 Å². The number of benzene rings is 1. The highest BCUT2D eigenvalue weighted by Crippen LogP contribution is 2.26. The van der Waals surface area contributed by atoms with E-state index in [4.69, 9.17) is 5.11 Å². The number of rotatable bonds is 8. The molecule has 0 fully saturated rings. The van der Waals surface area contributed by atoms with Crippen LogP contribution < -0.4 is 4.72 Å². The molecule has 1 rings (SSSR count). The summed E-state index contributed by atoms with van der Waals surface area (Å²) < 4.78 is 75.3. The third-order valence-corrected chi connectivity index (χ3v) is 6.08. The zero-order chi connectivity index (χ0) is 18.7. The van der Waals surface area contributed by atoms with E-state index in [1.807, 2.05) is 4.72 Å². The lowest BCUT2D eigenvalue weighted by molar-refractivity contribution is -0.139. The Labute approximate surface area is 138 Å². The lowest BCUT2D eigenvalue weighted by Crippen LogP contribution is -2.42. The van der Waals surface area contributed by atoms with Crippen LogP contribution >= 0.6 is 0 Å². The number of sulfonamides is 1. The van der Waals surface area contributed by atoms with Crippen molar-refractivity contribution >= 4 is 25.8 Å². The van der Waals surface area contributed by atoms with Crippen LogP contribution in [0.25, 0.3) is 0 Å². The van der Waals surface area contributed by atoms with Crippen LogP contribution in [-0.4, -0.2) is 39.7 Å². The zero-order valence-electron chi connectivity index (χ0n) is 12.8. The molecule has 0 unspecified atom stereocenters. The van der Waals surface area contributed by atoms with Crippen LogP contribution in [0.15, 0.2) is 34.1 Å². The molecule has 0 radical (unpaired) electrons. The Bertz CT molecular complexity index is 806. The Morgan fingerprint density at radius 2 is 1.62 bits per heavy atom. The predicted octanol–water partition coefficient (Wildman–Crippen LogP) is 1.46. The molecule has 0 aliphatic rings. The van der Waals surface area contributed by atoms with Crippen LogP contribution in [0.3, 0.4) is 0 Å². The Hall–Kier alpha value is -1.59. The molecule has 11 heteroatoms. The van der Waals surface area contributed by atoms with Gasteiger partial charge < -0.3 is 5.11 Å². The van der Waals surface area contributed by atoms with Crippen molar-refractivity contribution in [1.29, 1.82) is 0 Å². The van der Waals surface area contributed by atoms with Crippen molar-refractivity contribution in [2.75, 3.05) is 0 Å². The van der Waals surface area contributed by atoms with Crippen LogP contribution in [0, 0.1) is 5.92 Å². The van der Waals surface area contributed by atoms with Gasteiger partial charge in [-0.2, -0.15) is 13.5 Å². The van der Waals surface area contributed by atoms with E-state index >= 15 is 0 Å².